The zero-order chi connectivity index (χ0) is 17.1. The molecule has 1 nitrogen and oxygen atoms in total. The molecule has 1 unspecified atom stereocenters. The highest BCUT2D eigenvalue weighted by atomic mass is 32.2. The minimum Gasteiger partial charge on any atom is -0.330 e. The van der Waals surface area contributed by atoms with Gasteiger partial charge in [0, 0.05) is 19.1 Å². The highest BCUT2D eigenvalue weighted by molar-refractivity contribution is 7.97. The zero-order valence-electron chi connectivity index (χ0n) is 14.3. The average Bonchev–Trinajstić information content (AvgIpc) is 2.70. The van der Waals surface area contributed by atoms with Gasteiger partial charge in [-0.3, -0.25) is 0 Å². The maximum Gasteiger partial charge on any atom is 0.268 e. The van der Waals surface area contributed by atoms with Crippen LogP contribution in [0.3, 0.4) is 0 Å². The van der Waals surface area contributed by atoms with E-state index in [1.807, 2.05) is 7.11 Å². The van der Waals surface area contributed by atoms with Crippen molar-refractivity contribution in [1.82, 2.24) is 0 Å². The first-order valence-electron chi connectivity index (χ1n) is 8.51. The predicted octanol–water partition coefficient (Wildman–Crippen LogP) is 5.64. The van der Waals surface area contributed by atoms with Gasteiger partial charge in [0.05, 0.1) is 0 Å². The van der Waals surface area contributed by atoms with Crippen LogP contribution in [0.25, 0.3) is 6.08 Å². The topological polar surface area (TPSA) is 9.23 Å². The van der Waals surface area contributed by atoms with E-state index in [9.17, 15) is 0 Å². The summed E-state index contributed by atoms with van der Waals surface area (Å²) >= 11 is 0. The van der Waals surface area contributed by atoms with Crippen LogP contribution in [0.5, 0.6) is 0 Å². The van der Waals surface area contributed by atoms with Crippen molar-refractivity contribution < 1.29 is 4.74 Å². The molecule has 124 valence electrons. The lowest BCUT2D eigenvalue weighted by molar-refractivity contribution is 0.0671. The Hall–Kier alpha value is -2.29. The number of ether oxygens (including phenoxy) is 1. The van der Waals surface area contributed by atoms with Crippen molar-refractivity contribution in [3.05, 3.63) is 102 Å². The first kappa shape index (κ1) is 16.2. The fourth-order valence-corrected chi connectivity index (χ4v) is 6.27. The highest BCUT2D eigenvalue weighted by Gasteiger charge is 2.53. The molecule has 0 saturated carbocycles. The summed E-state index contributed by atoms with van der Waals surface area (Å²) in [6.07, 6.45) is 5.33. The van der Waals surface area contributed by atoms with E-state index in [0.29, 0.717) is 0 Å². The van der Waals surface area contributed by atoms with Crippen molar-refractivity contribution in [2.45, 2.75) is 21.1 Å². The Morgan fingerprint density at radius 3 is 1.92 bits per heavy atom. The van der Waals surface area contributed by atoms with Gasteiger partial charge in [0.25, 0.3) is 4.93 Å². The normalized spacial score (nSPS) is 19.0. The first-order valence-corrected chi connectivity index (χ1v) is 9.73. The molecule has 0 spiro atoms. The van der Waals surface area contributed by atoms with Crippen LogP contribution in [0.15, 0.2) is 101 Å². The van der Waals surface area contributed by atoms with Crippen molar-refractivity contribution in [2.75, 3.05) is 7.11 Å². The summed E-state index contributed by atoms with van der Waals surface area (Å²) in [4.78, 5) is 2.23. The van der Waals surface area contributed by atoms with Crippen LogP contribution in [0.1, 0.15) is 17.5 Å². The molecule has 0 N–H and O–H groups in total. The molecule has 0 aromatic heterocycles. The Kier molecular flexibility index (Phi) is 4.48. The van der Waals surface area contributed by atoms with Crippen LogP contribution < -0.4 is 0 Å². The third-order valence-electron chi connectivity index (χ3n) is 4.67. The highest BCUT2D eigenvalue weighted by Crippen LogP contribution is 2.48. The van der Waals surface area contributed by atoms with Crippen molar-refractivity contribution in [3.63, 3.8) is 0 Å². The van der Waals surface area contributed by atoms with Crippen LogP contribution >= 0.6 is 0 Å². The monoisotopic (exact) mass is 345 g/mol. The standard InChI is InChI=1S/C23H21OS/c1-24-23(18-10-12-19-11-8-9-17-22(19)23)25(20-13-4-2-5-14-20)21-15-6-3-7-16-21/h2-17H,18H2,1H3/q+1. The van der Waals surface area contributed by atoms with Crippen LogP contribution in [0.4, 0.5) is 0 Å². The van der Waals surface area contributed by atoms with Gasteiger partial charge in [-0.1, -0.05) is 72.8 Å². The molecule has 0 heterocycles. The SMILES string of the molecule is COC1([S+](c2ccccc2)c2ccccc2)CC=Cc2ccccc21. The molecular formula is C23H21OS+. The van der Waals surface area contributed by atoms with Crippen molar-refractivity contribution in [3.8, 4) is 0 Å². The summed E-state index contributed by atoms with van der Waals surface area (Å²) in [6, 6.07) is 30.1. The van der Waals surface area contributed by atoms with Crippen molar-refractivity contribution in [1.29, 1.82) is 0 Å². The zero-order valence-corrected chi connectivity index (χ0v) is 15.1. The molecule has 0 amide bonds. The molecule has 0 aliphatic heterocycles. The Morgan fingerprint density at radius 2 is 1.32 bits per heavy atom. The second kappa shape index (κ2) is 6.91. The van der Waals surface area contributed by atoms with E-state index in [4.69, 9.17) is 4.74 Å². The van der Waals surface area contributed by atoms with Crippen LogP contribution in [0, 0.1) is 0 Å². The molecule has 1 aliphatic rings. The lowest BCUT2D eigenvalue weighted by Gasteiger charge is -2.34. The van der Waals surface area contributed by atoms with Crippen LogP contribution in [-0.4, -0.2) is 7.11 Å². The first-order chi connectivity index (χ1) is 12.3. The van der Waals surface area contributed by atoms with Gasteiger partial charge in [-0.25, -0.2) is 0 Å². The molecular weight excluding hydrogens is 324 g/mol. The predicted molar refractivity (Wildman–Crippen MR) is 106 cm³/mol. The summed E-state index contributed by atoms with van der Waals surface area (Å²) in [5.41, 5.74) is 2.52. The summed E-state index contributed by atoms with van der Waals surface area (Å²) in [6.45, 7) is 0. The van der Waals surface area contributed by atoms with Gasteiger partial charge in [0.2, 0.25) is 0 Å². The average molecular weight is 345 g/mol. The third kappa shape index (κ3) is 2.82. The molecule has 25 heavy (non-hydrogen) atoms. The Balaban J connectivity index is 1.96. The Bertz CT molecular complexity index is 833. The number of fused-ring (bicyclic) bond motifs is 1. The molecule has 1 aliphatic carbocycles. The van der Waals surface area contributed by atoms with Crippen molar-refractivity contribution in [2.24, 2.45) is 0 Å². The summed E-state index contributed by atoms with van der Waals surface area (Å²) in [7, 11) is 1.62. The minimum atomic E-state index is -0.381. The minimum absolute atomic E-state index is 0.231. The molecule has 2 heteroatoms. The quantitative estimate of drug-likeness (QED) is 0.556. The van der Waals surface area contributed by atoms with Gasteiger partial charge >= 0.3 is 0 Å². The van der Waals surface area contributed by atoms with Gasteiger partial charge in [-0.2, -0.15) is 0 Å². The van der Waals surface area contributed by atoms with E-state index in [2.05, 4.69) is 97.1 Å². The van der Waals surface area contributed by atoms with Gasteiger partial charge in [0.15, 0.2) is 9.79 Å². The second-order valence-electron chi connectivity index (χ2n) is 6.08. The molecule has 1 atom stereocenters. The summed E-state index contributed by atoms with van der Waals surface area (Å²) in [5, 5.41) is 0. The number of methoxy groups -OCH3 is 1. The fourth-order valence-electron chi connectivity index (χ4n) is 3.54. The third-order valence-corrected chi connectivity index (χ3v) is 7.37. The number of rotatable bonds is 4. The van der Waals surface area contributed by atoms with Gasteiger partial charge < -0.3 is 4.74 Å². The molecule has 3 aromatic rings. The van der Waals surface area contributed by atoms with Gasteiger partial charge in [-0.15, -0.1) is 0 Å². The van der Waals surface area contributed by atoms with E-state index < -0.39 is 0 Å². The number of benzene rings is 3. The maximum atomic E-state index is 6.34. The van der Waals surface area contributed by atoms with E-state index in [-0.39, 0.29) is 15.8 Å². The molecule has 0 radical (unpaired) electrons. The number of hydrogen-bond acceptors (Lipinski definition) is 1. The molecule has 0 saturated heterocycles. The molecule has 3 aromatic carbocycles. The van der Waals surface area contributed by atoms with E-state index in [1.54, 1.807) is 0 Å². The smallest absolute Gasteiger partial charge is 0.268 e. The fraction of sp³-hybridized carbons (Fsp3) is 0.130. The molecule has 0 fully saturated rings. The summed E-state index contributed by atoms with van der Waals surface area (Å²) in [5.74, 6) is 0. The lowest BCUT2D eigenvalue weighted by Crippen LogP contribution is -2.39. The van der Waals surface area contributed by atoms with E-state index in [0.717, 1.165) is 6.42 Å². The Labute approximate surface area is 152 Å². The van der Waals surface area contributed by atoms with Crippen molar-refractivity contribution >= 4 is 17.0 Å². The lowest BCUT2D eigenvalue weighted by atomic mass is 9.94. The largest absolute Gasteiger partial charge is 0.330 e. The van der Waals surface area contributed by atoms with Gasteiger partial charge in [0.1, 0.15) is 10.9 Å². The van der Waals surface area contributed by atoms with E-state index >= 15 is 0 Å². The number of hydrogen-bond donors (Lipinski definition) is 0. The van der Waals surface area contributed by atoms with Gasteiger partial charge in [-0.05, 0) is 29.8 Å². The molecule has 4 rings (SSSR count). The molecule has 0 bridgehead atoms. The Morgan fingerprint density at radius 1 is 0.760 bits per heavy atom. The van der Waals surface area contributed by atoms with E-state index in [1.165, 1.54) is 20.9 Å². The maximum absolute atomic E-state index is 6.34. The van der Waals surface area contributed by atoms with Crippen LogP contribution in [0.2, 0.25) is 0 Å². The second-order valence-corrected chi connectivity index (χ2v) is 8.30. The van der Waals surface area contributed by atoms with Crippen LogP contribution in [-0.2, 0) is 20.6 Å². The summed E-state index contributed by atoms with van der Waals surface area (Å²) < 4.78 is 6.34.